The van der Waals surface area contributed by atoms with Crippen molar-refractivity contribution in [1.29, 1.82) is 0 Å². The van der Waals surface area contributed by atoms with Crippen molar-refractivity contribution in [2.75, 3.05) is 20.1 Å². The Hall–Kier alpha value is -0.470. The standard InChI is InChI=1S/C8H16B2N2/c1-5-7-11(4)10-12(9-3)8-6-2/h5-6H,1-2,7-8H2,3-4H3. The molecule has 0 aromatic heterocycles. The summed E-state index contributed by atoms with van der Waals surface area (Å²) in [5, 5.41) is 0. The zero-order valence-electron chi connectivity index (χ0n) is 8.03. The Morgan fingerprint density at radius 3 is 2.25 bits per heavy atom. The monoisotopic (exact) mass is 162 g/mol. The molecule has 0 rings (SSSR count). The Bertz CT molecular complexity index is 139. The van der Waals surface area contributed by atoms with Gasteiger partial charge in [0.1, 0.15) is 0 Å². The molecule has 12 heavy (non-hydrogen) atoms. The van der Waals surface area contributed by atoms with E-state index in [4.69, 9.17) is 0 Å². The van der Waals surface area contributed by atoms with E-state index >= 15 is 0 Å². The number of nitrogens with zero attached hydrogens (tertiary/aromatic N) is 2. The number of hydrogen-bond donors (Lipinski definition) is 0. The maximum absolute atomic E-state index is 3.68. The van der Waals surface area contributed by atoms with Crippen molar-refractivity contribution in [2.24, 2.45) is 0 Å². The minimum atomic E-state index is 0.845. The minimum absolute atomic E-state index is 0.845. The Kier molecular flexibility index (Phi) is 6.91. The summed E-state index contributed by atoms with van der Waals surface area (Å²) in [7, 11) is 6.06. The molecule has 4 heteroatoms. The molecule has 0 aromatic rings. The van der Waals surface area contributed by atoms with Gasteiger partial charge in [-0.05, 0) is 13.6 Å². The molecule has 0 aliphatic carbocycles. The average Bonchev–Trinajstić information content (AvgIpc) is 2.04. The van der Waals surface area contributed by atoms with Gasteiger partial charge in [-0.25, -0.2) is 0 Å². The molecule has 64 valence electrons. The molecule has 0 saturated heterocycles. The van der Waals surface area contributed by atoms with E-state index in [1.54, 1.807) is 0 Å². The Morgan fingerprint density at radius 1 is 1.25 bits per heavy atom. The molecule has 0 aliphatic rings. The third-order valence-electron chi connectivity index (χ3n) is 1.43. The van der Waals surface area contributed by atoms with Gasteiger partial charge in [0.25, 0.3) is 0 Å². The molecular formula is C8H16B2N2. The van der Waals surface area contributed by atoms with Crippen LogP contribution in [0.15, 0.2) is 25.3 Å². The van der Waals surface area contributed by atoms with E-state index in [0.717, 1.165) is 13.1 Å². The van der Waals surface area contributed by atoms with Gasteiger partial charge < -0.3 is 9.53 Å². The van der Waals surface area contributed by atoms with Crippen molar-refractivity contribution in [3.63, 3.8) is 0 Å². The molecule has 0 spiro atoms. The first-order valence-electron chi connectivity index (χ1n) is 4.06. The van der Waals surface area contributed by atoms with Crippen molar-refractivity contribution >= 4 is 15.0 Å². The molecule has 0 aromatic carbocycles. The Balaban J connectivity index is 3.67. The molecule has 0 heterocycles. The van der Waals surface area contributed by atoms with Gasteiger partial charge in [0.15, 0.2) is 7.41 Å². The second-order valence-corrected chi connectivity index (χ2v) is 2.59. The van der Waals surface area contributed by atoms with Gasteiger partial charge >= 0.3 is 7.55 Å². The molecule has 0 amide bonds. The summed E-state index contributed by atoms with van der Waals surface area (Å²) in [5.74, 6) is 0. The lowest BCUT2D eigenvalue weighted by Gasteiger charge is -2.22. The van der Waals surface area contributed by atoms with Crippen LogP contribution in [0.3, 0.4) is 0 Å². The predicted molar refractivity (Wildman–Crippen MR) is 57.1 cm³/mol. The highest BCUT2D eigenvalue weighted by molar-refractivity contribution is 6.47. The van der Waals surface area contributed by atoms with E-state index in [9.17, 15) is 0 Å². The highest BCUT2D eigenvalue weighted by atomic mass is 15.1. The van der Waals surface area contributed by atoms with Crippen LogP contribution in [0.4, 0.5) is 0 Å². The van der Waals surface area contributed by atoms with E-state index in [2.05, 4.69) is 22.7 Å². The van der Waals surface area contributed by atoms with E-state index in [-0.39, 0.29) is 0 Å². The molecule has 2 radical (unpaired) electrons. The smallest absolute Gasteiger partial charge is 0.300 e. The summed E-state index contributed by atoms with van der Waals surface area (Å²) < 4.78 is 2.07. The summed E-state index contributed by atoms with van der Waals surface area (Å²) in [6.45, 7) is 11.1. The van der Waals surface area contributed by atoms with Crippen LogP contribution in [0.2, 0.25) is 6.82 Å². The van der Waals surface area contributed by atoms with E-state index in [1.807, 2.05) is 41.0 Å². The van der Waals surface area contributed by atoms with Crippen LogP contribution in [0, 0.1) is 0 Å². The van der Waals surface area contributed by atoms with Gasteiger partial charge in [-0.1, -0.05) is 19.0 Å². The summed E-state index contributed by atoms with van der Waals surface area (Å²) in [6, 6.07) is 0. The van der Waals surface area contributed by atoms with Crippen LogP contribution in [-0.4, -0.2) is 44.6 Å². The second kappa shape index (κ2) is 7.19. The topological polar surface area (TPSA) is 6.48 Å². The summed E-state index contributed by atoms with van der Waals surface area (Å²) in [5.41, 5.74) is 0. The maximum atomic E-state index is 3.68. The van der Waals surface area contributed by atoms with Crippen LogP contribution in [-0.2, 0) is 0 Å². The van der Waals surface area contributed by atoms with Gasteiger partial charge in [-0.3, -0.25) is 0 Å². The third-order valence-corrected chi connectivity index (χ3v) is 1.43. The normalized spacial score (nSPS) is 10.0. The fourth-order valence-electron chi connectivity index (χ4n) is 0.872. The van der Waals surface area contributed by atoms with Crippen molar-refractivity contribution in [2.45, 2.75) is 6.82 Å². The molecule has 0 saturated carbocycles. The second-order valence-electron chi connectivity index (χ2n) is 2.59. The summed E-state index contributed by atoms with van der Waals surface area (Å²) in [4.78, 5) is 2.07. The van der Waals surface area contributed by atoms with E-state index in [0.29, 0.717) is 0 Å². The van der Waals surface area contributed by atoms with Gasteiger partial charge in [-0.15, -0.1) is 13.2 Å². The Labute approximate surface area is 77.5 Å². The van der Waals surface area contributed by atoms with E-state index in [1.165, 1.54) is 0 Å². The summed E-state index contributed by atoms with van der Waals surface area (Å²) in [6.07, 6.45) is 3.75. The van der Waals surface area contributed by atoms with Gasteiger partial charge in [0, 0.05) is 6.54 Å². The van der Waals surface area contributed by atoms with Crippen molar-refractivity contribution in [3.8, 4) is 0 Å². The predicted octanol–water partition coefficient (Wildman–Crippen LogP) is 0.794. The molecule has 0 fully saturated rings. The third kappa shape index (κ3) is 5.22. The SMILES string of the molecule is C=CCN(C)[B]N([B]C)CC=C. The quantitative estimate of drug-likeness (QED) is 0.403. The van der Waals surface area contributed by atoms with Crippen LogP contribution in [0.1, 0.15) is 0 Å². The molecular weight excluding hydrogens is 146 g/mol. The van der Waals surface area contributed by atoms with Crippen molar-refractivity contribution in [1.82, 2.24) is 9.53 Å². The highest BCUT2D eigenvalue weighted by Gasteiger charge is 2.06. The molecule has 0 bridgehead atoms. The first-order valence-corrected chi connectivity index (χ1v) is 4.06. The first kappa shape index (κ1) is 11.5. The van der Waals surface area contributed by atoms with Crippen molar-refractivity contribution in [3.05, 3.63) is 25.3 Å². The van der Waals surface area contributed by atoms with E-state index < -0.39 is 0 Å². The molecule has 0 unspecified atom stereocenters. The van der Waals surface area contributed by atoms with Gasteiger partial charge in [-0.2, -0.15) is 0 Å². The highest BCUT2D eigenvalue weighted by Crippen LogP contribution is 1.87. The maximum Gasteiger partial charge on any atom is 0.300 e. The fourth-order valence-corrected chi connectivity index (χ4v) is 0.872. The molecule has 0 atom stereocenters. The first-order chi connectivity index (χ1) is 5.74. The Morgan fingerprint density at radius 2 is 1.83 bits per heavy atom. The summed E-state index contributed by atoms with van der Waals surface area (Å²) >= 11 is 0. The number of rotatable bonds is 7. The fraction of sp³-hybridized carbons (Fsp3) is 0.500. The minimum Gasteiger partial charge on any atom is -0.375 e. The lowest BCUT2D eigenvalue weighted by molar-refractivity contribution is 0.548. The zero-order valence-corrected chi connectivity index (χ0v) is 8.03. The zero-order chi connectivity index (χ0) is 9.40. The number of likely N-dealkylation sites (N-methyl/N-ethyl adjacent to an activating group) is 1. The van der Waals surface area contributed by atoms with Gasteiger partial charge in [0.2, 0.25) is 0 Å². The number of hydrogen-bond acceptors (Lipinski definition) is 2. The van der Waals surface area contributed by atoms with Crippen LogP contribution < -0.4 is 0 Å². The molecule has 0 N–H and O–H groups in total. The van der Waals surface area contributed by atoms with Crippen LogP contribution in [0.25, 0.3) is 0 Å². The molecule has 2 nitrogen and oxygen atoms in total. The van der Waals surface area contributed by atoms with Gasteiger partial charge in [0.05, 0.1) is 0 Å². The van der Waals surface area contributed by atoms with Crippen molar-refractivity contribution < 1.29 is 0 Å². The largest absolute Gasteiger partial charge is 0.375 e. The van der Waals surface area contributed by atoms with Crippen LogP contribution >= 0.6 is 0 Å². The lowest BCUT2D eigenvalue weighted by Crippen LogP contribution is -2.40. The molecule has 0 aliphatic heterocycles. The van der Waals surface area contributed by atoms with Crippen LogP contribution in [0.5, 0.6) is 0 Å². The average molecular weight is 162 g/mol. The lowest BCUT2D eigenvalue weighted by atomic mass is 9.85.